The molecule has 1 saturated heterocycles. The van der Waals surface area contributed by atoms with Gasteiger partial charge in [-0.05, 0) is 50.1 Å². The molecule has 1 aliphatic heterocycles. The number of carbonyl (C=O) groups excluding carboxylic acids is 2. The second-order valence-corrected chi connectivity index (χ2v) is 7.82. The maximum absolute atomic E-state index is 13.2. The van der Waals surface area contributed by atoms with Gasteiger partial charge >= 0.3 is 0 Å². The second-order valence-electron chi connectivity index (χ2n) is 7.82. The number of ketones is 1. The maximum atomic E-state index is 13.2. The van der Waals surface area contributed by atoms with E-state index in [-0.39, 0.29) is 29.2 Å². The molecule has 0 saturated carbocycles. The van der Waals surface area contributed by atoms with Crippen LogP contribution in [-0.2, 0) is 11.3 Å². The van der Waals surface area contributed by atoms with E-state index in [1.54, 1.807) is 27.9 Å². The summed E-state index contributed by atoms with van der Waals surface area (Å²) >= 11 is 0. The van der Waals surface area contributed by atoms with E-state index in [4.69, 9.17) is 5.73 Å². The molecule has 8 nitrogen and oxygen atoms in total. The standard InChI is InChI=1S/C22H25FN6O2/c1-15-8-10-25-28(15)12-9-20(30)27-11-2-3-16(14-27)21(31)19-13-26-29(22(19)24)18-6-4-17(23)5-7-18/h4-8,10,13,16H,2-3,9,11-12,14,24H2,1H3. The lowest BCUT2D eigenvalue weighted by Gasteiger charge is -2.32. The van der Waals surface area contributed by atoms with Crippen molar-refractivity contribution < 1.29 is 14.0 Å². The highest BCUT2D eigenvalue weighted by molar-refractivity contribution is 6.02. The summed E-state index contributed by atoms with van der Waals surface area (Å²) in [6, 6.07) is 7.63. The second kappa shape index (κ2) is 8.71. The fourth-order valence-corrected chi connectivity index (χ4v) is 3.97. The minimum absolute atomic E-state index is 0.0161. The van der Waals surface area contributed by atoms with Crippen molar-refractivity contribution >= 4 is 17.5 Å². The van der Waals surface area contributed by atoms with Gasteiger partial charge in [-0.15, -0.1) is 0 Å². The predicted octanol–water partition coefficient (Wildman–Crippen LogP) is 2.61. The Labute approximate surface area is 179 Å². The van der Waals surface area contributed by atoms with Crippen molar-refractivity contribution in [1.29, 1.82) is 0 Å². The van der Waals surface area contributed by atoms with Gasteiger partial charge in [-0.1, -0.05) is 0 Å². The third kappa shape index (κ3) is 4.35. The van der Waals surface area contributed by atoms with E-state index in [1.165, 1.54) is 23.0 Å². The number of piperidine rings is 1. The molecule has 0 aliphatic carbocycles. The van der Waals surface area contributed by atoms with Crippen molar-refractivity contribution in [2.24, 2.45) is 5.92 Å². The summed E-state index contributed by atoms with van der Waals surface area (Å²) in [7, 11) is 0. The van der Waals surface area contributed by atoms with Crippen molar-refractivity contribution in [2.75, 3.05) is 18.8 Å². The third-order valence-corrected chi connectivity index (χ3v) is 5.75. The average Bonchev–Trinajstić information content (AvgIpc) is 3.37. The fraction of sp³-hybridized carbons (Fsp3) is 0.364. The van der Waals surface area contributed by atoms with Gasteiger partial charge in [0, 0.05) is 43.9 Å². The van der Waals surface area contributed by atoms with Crippen molar-refractivity contribution in [3.05, 3.63) is 59.8 Å². The number of amides is 1. The summed E-state index contributed by atoms with van der Waals surface area (Å²) in [5.74, 6) is -0.569. The van der Waals surface area contributed by atoms with E-state index < -0.39 is 0 Å². The molecule has 3 heterocycles. The van der Waals surface area contributed by atoms with Gasteiger partial charge in [-0.2, -0.15) is 10.2 Å². The molecule has 2 N–H and O–H groups in total. The quantitative estimate of drug-likeness (QED) is 0.613. The molecule has 4 rings (SSSR count). The summed E-state index contributed by atoms with van der Waals surface area (Å²) in [4.78, 5) is 27.6. The average molecular weight is 424 g/mol. The largest absolute Gasteiger partial charge is 0.383 e. The highest BCUT2D eigenvalue weighted by Gasteiger charge is 2.31. The zero-order chi connectivity index (χ0) is 22.0. The lowest BCUT2D eigenvalue weighted by Crippen LogP contribution is -2.42. The van der Waals surface area contributed by atoms with Crippen LogP contribution in [0.1, 0.15) is 35.3 Å². The third-order valence-electron chi connectivity index (χ3n) is 5.75. The Morgan fingerprint density at radius 2 is 1.97 bits per heavy atom. The molecule has 0 bridgehead atoms. The fourth-order valence-electron chi connectivity index (χ4n) is 3.97. The van der Waals surface area contributed by atoms with Crippen LogP contribution in [0.4, 0.5) is 10.2 Å². The number of hydrogen-bond acceptors (Lipinski definition) is 5. The first kappa shape index (κ1) is 20.8. The first-order chi connectivity index (χ1) is 14.9. The van der Waals surface area contributed by atoms with Gasteiger partial charge in [0.05, 0.1) is 17.4 Å². The molecule has 1 aromatic carbocycles. The Hall–Kier alpha value is -3.49. The first-order valence-electron chi connectivity index (χ1n) is 10.3. The molecular weight excluding hydrogens is 399 g/mol. The lowest BCUT2D eigenvalue weighted by molar-refractivity contribution is -0.132. The van der Waals surface area contributed by atoms with E-state index in [2.05, 4.69) is 10.2 Å². The smallest absolute Gasteiger partial charge is 0.224 e. The number of Topliss-reactive ketones (excluding diaryl/α,β-unsaturated/α-hetero) is 1. The van der Waals surface area contributed by atoms with E-state index in [0.29, 0.717) is 43.7 Å². The molecule has 2 aromatic heterocycles. The minimum atomic E-state index is -0.361. The van der Waals surface area contributed by atoms with Crippen LogP contribution in [0.3, 0.4) is 0 Å². The highest BCUT2D eigenvalue weighted by Crippen LogP contribution is 2.25. The number of likely N-dealkylation sites (tertiary alicyclic amines) is 1. The monoisotopic (exact) mass is 424 g/mol. The molecule has 0 radical (unpaired) electrons. The number of nitrogens with zero attached hydrogens (tertiary/aromatic N) is 5. The molecular formula is C22H25FN6O2. The van der Waals surface area contributed by atoms with Crippen molar-refractivity contribution in [3.63, 3.8) is 0 Å². The van der Waals surface area contributed by atoms with Crippen LogP contribution >= 0.6 is 0 Å². The number of carbonyl (C=O) groups is 2. The molecule has 3 aromatic rings. The number of rotatable bonds is 6. The highest BCUT2D eigenvalue weighted by atomic mass is 19.1. The van der Waals surface area contributed by atoms with Crippen molar-refractivity contribution in [1.82, 2.24) is 24.5 Å². The molecule has 1 amide bonds. The van der Waals surface area contributed by atoms with Gasteiger partial charge in [0.1, 0.15) is 11.6 Å². The predicted molar refractivity (Wildman–Crippen MR) is 113 cm³/mol. The van der Waals surface area contributed by atoms with Crippen LogP contribution in [0.5, 0.6) is 0 Å². The summed E-state index contributed by atoms with van der Waals surface area (Å²) in [5.41, 5.74) is 8.10. The van der Waals surface area contributed by atoms with Gasteiger partial charge in [0.2, 0.25) is 5.91 Å². The number of halogens is 1. The Bertz CT molecular complexity index is 1090. The molecule has 162 valence electrons. The number of benzene rings is 1. The van der Waals surface area contributed by atoms with Crippen molar-refractivity contribution in [2.45, 2.75) is 32.7 Å². The maximum Gasteiger partial charge on any atom is 0.224 e. The number of aryl methyl sites for hydroxylation is 2. The van der Waals surface area contributed by atoms with E-state index in [1.807, 2.05) is 13.0 Å². The van der Waals surface area contributed by atoms with Crippen molar-refractivity contribution in [3.8, 4) is 5.69 Å². The summed E-state index contributed by atoms with van der Waals surface area (Å²) in [5, 5.41) is 8.42. The summed E-state index contributed by atoms with van der Waals surface area (Å²) in [6.45, 7) is 3.48. The van der Waals surface area contributed by atoms with Crippen LogP contribution < -0.4 is 5.73 Å². The molecule has 1 aliphatic rings. The summed E-state index contributed by atoms with van der Waals surface area (Å²) in [6.07, 6.45) is 4.96. The van der Waals surface area contributed by atoms with Crippen LogP contribution in [0.2, 0.25) is 0 Å². The topological polar surface area (TPSA) is 99.0 Å². The Morgan fingerprint density at radius 1 is 1.19 bits per heavy atom. The van der Waals surface area contributed by atoms with Crippen LogP contribution in [0.25, 0.3) is 5.69 Å². The van der Waals surface area contributed by atoms with Gasteiger partial charge in [0.25, 0.3) is 0 Å². The zero-order valence-corrected chi connectivity index (χ0v) is 17.4. The van der Waals surface area contributed by atoms with Gasteiger partial charge < -0.3 is 10.6 Å². The number of anilines is 1. The van der Waals surface area contributed by atoms with E-state index in [0.717, 1.165) is 12.1 Å². The van der Waals surface area contributed by atoms with Gasteiger partial charge in [-0.25, -0.2) is 9.07 Å². The summed E-state index contributed by atoms with van der Waals surface area (Å²) < 4.78 is 16.4. The number of nitrogen functional groups attached to an aromatic ring is 1. The van der Waals surface area contributed by atoms with E-state index in [9.17, 15) is 14.0 Å². The number of aromatic nitrogens is 4. The molecule has 0 spiro atoms. The molecule has 1 unspecified atom stereocenters. The van der Waals surface area contributed by atoms with Crippen LogP contribution in [0, 0.1) is 18.7 Å². The molecule has 31 heavy (non-hydrogen) atoms. The Balaban J connectivity index is 1.42. The van der Waals surface area contributed by atoms with Gasteiger partial charge in [0.15, 0.2) is 5.78 Å². The lowest BCUT2D eigenvalue weighted by atomic mass is 9.90. The Morgan fingerprint density at radius 3 is 2.68 bits per heavy atom. The van der Waals surface area contributed by atoms with Crippen LogP contribution in [0.15, 0.2) is 42.7 Å². The van der Waals surface area contributed by atoms with Crippen LogP contribution in [-0.4, -0.2) is 49.2 Å². The molecule has 1 atom stereocenters. The SMILES string of the molecule is Cc1ccnn1CCC(=O)N1CCCC(C(=O)c2cnn(-c3ccc(F)cc3)c2N)C1. The minimum Gasteiger partial charge on any atom is -0.383 e. The zero-order valence-electron chi connectivity index (χ0n) is 17.4. The first-order valence-corrected chi connectivity index (χ1v) is 10.3. The molecule has 1 fully saturated rings. The number of hydrogen-bond donors (Lipinski definition) is 1. The van der Waals surface area contributed by atoms with Gasteiger partial charge in [-0.3, -0.25) is 14.3 Å². The Kier molecular flexibility index (Phi) is 5.83. The van der Waals surface area contributed by atoms with E-state index >= 15 is 0 Å². The molecule has 9 heteroatoms. The number of nitrogens with two attached hydrogens (primary N) is 1. The normalized spacial score (nSPS) is 16.5.